The Kier molecular flexibility index (Phi) is 5.98. The standard InChI is InChI=1S/C19H20N2O4S2/c1-15-12-16(24-10-5-8-21-9-11-26-19(21)20)14-17(13-15)25-27(22,23)18-6-3-2-4-7-18/h2-4,6-7,9,11-14,20H,5,8,10H2,1H3/p+1. The number of ether oxygens (including phenoxy) is 1. The number of nitrogen functional groups attached to an aromatic ring is 1. The minimum Gasteiger partial charge on any atom is -0.493 e. The lowest BCUT2D eigenvalue weighted by Gasteiger charge is -2.11. The molecule has 0 saturated carbocycles. The lowest BCUT2D eigenvalue weighted by Crippen LogP contribution is -2.34. The van der Waals surface area contributed by atoms with E-state index in [1.54, 1.807) is 30.3 Å². The number of nitrogens with two attached hydrogens (primary N) is 1. The van der Waals surface area contributed by atoms with Gasteiger partial charge in [0.25, 0.3) is 0 Å². The van der Waals surface area contributed by atoms with Crippen molar-refractivity contribution in [2.45, 2.75) is 24.8 Å². The van der Waals surface area contributed by atoms with Gasteiger partial charge >= 0.3 is 15.2 Å². The van der Waals surface area contributed by atoms with Gasteiger partial charge in [-0.15, -0.1) is 0 Å². The van der Waals surface area contributed by atoms with E-state index in [-0.39, 0.29) is 10.6 Å². The fourth-order valence-electron chi connectivity index (χ4n) is 2.53. The van der Waals surface area contributed by atoms with E-state index < -0.39 is 10.1 Å². The molecule has 0 aliphatic rings. The molecule has 0 fully saturated rings. The van der Waals surface area contributed by atoms with Crippen molar-refractivity contribution in [3.63, 3.8) is 0 Å². The monoisotopic (exact) mass is 405 g/mol. The highest BCUT2D eigenvalue weighted by molar-refractivity contribution is 7.87. The maximum absolute atomic E-state index is 12.4. The Morgan fingerprint density at radius 1 is 1.11 bits per heavy atom. The number of benzene rings is 2. The first-order chi connectivity index (χ1) is 12.9. The fourth-order valence-corrected chi connectivity index (χ4v) is 4.10. The largest absolute Gasteiger partial charge is 0.493 e. The Balaban J connectivity index is 1.63. The summed E-state index contributed by atoms with van der Waals surface area (Å²) in [5, 5.41) is 2.69. The Labute approximate surface area is 162 Å². The molecule has 0 saturated heterocycles. The minimum absolute atomic E-state index is 0.111. The van der Waals surface area contributed by atoms with E-state index in [1.807, 2.05) is 29.1 Å². The summed E-state index contributed by atoms with van der Waals surface area (Å²) in [5.41, 5.74) is 6.70. The quantitative estimate of drug-likeness (QED) is 0.354. The van der Waals surface area contributed by atoms with E-state index >= 15 is 0 Å². The molecule has 6 nitrogen and oxygen atoms in total. The van der Waals surface area contributed by atoms with Gasteiger partial charge < -0.3 is 8.92 Å². The summed E-state index contributed by atoms with van der Waals surface area (Å²) >= 11 is 1.49. The van der Waals surface area contributed by atoms with Crippen LogP contribution in [0.15, 0.2) is 65.0 Å². The molecule has 0 atom stereocenters. The van der Waals surface area contributed by atoms with Gasteiger partial charge in [0.2, 0.25) is 0 Å². The molecule has 0 radical (unpaired) electrons. The number of hydrogen-bond donors (Lipinski definition) is 1. The molecule has 27 heavy (non-hydrogen) atoms. The second-order valence-electron chi connectivity index (χ2n) is 5.97. The van der Waals surface area contributed by atoms with Crippen LogP contribution in [0.1, 0.15) is 12.0 Å². The predicted octanol–water partition coefficient (Wildman–Crippen LogP) is 3.16. The smallest absolute Gasteiger partial charge is 0.339 e. The van der Waals surface area contributed by atoms with Crippen LogP contribution in [-0.2, 0) is 16.7 Å². The number of anilines is 1. The lowest BCUT2D eigenvalue weighted by atomic mass is 10.2. The molecule has 8 heteroatoms. The molecule has 142 valence electrons. The van der Waals surface area contributed by atoms with E-state index in [2.05, 4.69) is 0 Å². The van der Waals surface area contributed by atoms with Crippen LogP contribution in [0, 0.1) is 6.92 Å². The van der Waals surface area contributed by atoms with Crippen LogP contribution in [-0.4, -0.2) is 15.0 Å². The Bertz CT molecular complexity index is 1000. The van der Waals surface area contributed by atoms with Crippen molar-refractivity contribution in [2.24, 2.45) is 0 Å². The average Bonchev–Trinajstić information content (AvgIpc) is 3.04. The highest BCUT2D eigenvalue weighted by atomic mass is 32.2. The van der Waals surface area contributed by atoms with E-state index in [0.29, 0.717) is 12.4 Å². The normalized spacial score (nSPS) is 11.3. The van der Waals surface area contributed by atoms with Gasteiger partial charge in [-0.1, -0.05) is 29.5 Å². The van der Waals surface area contributed by atoms with Crippen molar-refractivity contribution in [2.75, 3.05) is 12.3 Å². The van der Waals surface area contributed by atoms with Crippen molar-refractivity contribution >= 4 is 26.6 Å². The molecule has 0 aliphatic carbocycles. The molecule has 0 unspecified atom stereocenters. The summed E-state index contributed by atoms with van der Waals surface area (Å²) in [6.07, 6.45) is 2.71. The van der Waals surface area contributed by atoms with Crippen LogP contribution in [0.2, 0.25) is 0 Å². The number of rotatable bonds is 8. The molecule has 2 N–H and O–H groups in total. The van der Waals surface area contributed by atoms with Crippen LogP contribution >= 0.6 is 11.3 Å². The van der Waals surface area contributed by atoms with Gasteiger partial charge in [0, 0.05) is 17.9 Å². The third-order valence-corrected chi connectivity index (χ3v) is 5.78. The molecule has 1 heterocycles. The molecule has 0 amide bonds. The number of thiazole rings is 1. The third-order valence-electron chi connectivity index (χ3n) is 3.79. The van der Waals surface area contributed by atoms with Crippen molar-refractivity contribution in [1.82, 2.24) is 0 Å². The van der Waals surface area contributed by atoms with Crippen molar-refractivity contribution in [3.8, 4) is 11.5 Å². The second-order valence-corrected chi connectivity index (χ2v) is 8.44. The van der Waals surface area contributed by atoms with E-state index in [9.17, 15) is 8.42 Å². The fraction of sp³-hybridized carbons (Fsp3) is 0.211. The highest BCUT2D eigenvalue weighted by Crippen LogP contribution is 2.25. The zero-order valence-electron chi connectivity index (χ0n) is 14.9. The summed E-state index contributed by atoms with van der Waals surface area (Å²) in [7, 11) is -3.88. The van der Waals surface area contributed by atoms with Crippen LogP contribution in [0.4, 0.5) is 5.13 Å². The molecule has 3 aromatic rings. The first kappa shape index (κ1) is 19.2. The van der Waals surface area contributed by atoms with Crippen LogP contribution in [0.25, 0.3) is 0 Å². The summed E-state index contributed by atoms with van der Waals surface area (Å²) in [6, 6.07) is 13.1. The third kappa shape index (κ3) is 5.21. The van der Waals surface area contributed by atoms with E-state index in [1.165, 1.54) is 23.5 Å². The van der Waals surface area contributed by atoms with Gasteiger partial charge in [0.05, 0.1) is 13.2 Å². The maximum atomic E-state index is 12.4. The van der Waals surface area contributed by atoms with Crippen LogP contribution in [0.3, 0.4) is 0 Å². The van der Waals surface area contributed by atoms with Crippen molar-refractivity contribution in [1.29, 1.82) is 0 Å². The van der Waals surface area contributed by atoms with Crippen molar-refractivity contribution < 1.29 is 21.9 Å². The zero-order chi connectivity index (χ0) is 19.3. The van der Waals surface area contributed by atoms with Crippen molar-refractivity contribution in [3.05, 3.63) is 65.7 Å². The molecule has 2 aromatic carbocycles. The average molecular weight is 406 g/mol. The predicted molar refractivity (Wildman–Crippen MR) is 104 cm³/mol. The minimum atomic E-state index is -3.88. The Morgan fingerprint density at radius 2 is 1.85 bits per heavy atom. The van der Waals surface area contributed by atoms with Gasteiger partial charge in [-0.05, 0) is 36.8 Å². The molecule has 3 rings (SSSR count). The van der Waals surface area contributed by atoms with Gasteiger partial charge in [-0.3, -0.25) is 5.73 Å². The Morgan fingerprint density at radius 3 is 2.56 bits per heavy atom. The lowest BCUT2D eigenvalue weighted by molar-refractivity contribution is -0.679. The van der Waals surface area contributed by atoms with E-state index in [4.69, 9.17) is 14.7 Å². The summed E-state index contributed by atoms with van der Waals surface area (Å²) in [4.78, 5) is 0.111. The molecule has 0 spiro atoms. The van der Waals surface area contributed by atoms with E-state index in [0.717, 1.165) is 23.7 Å². The Hall–Kier alpha value is -2.58. The van der Waals surface area contributed by atoms with Gasteiger partial charge in [0.15, 0.2) is 0 Å². The molecule has 0 aliphatic heterocycles. The van der Waals surface area contributed by atoms with Gasteiger partial charge in [0.1, 0.15) is 22.6 Å². The molecule has 0 bridgehead atoms. The highest BCUT2D eigenvalue weighted by Gasteiger charge is 2.16. The van der Waals surface area contributed by atoms with Crippen LogP contribution < -0.4 is 19.2 Å². The summed E-state index contributed by atoms with van der Waals surface area (Å²) in [5.74, 6) is 0.793. The zero-order valence-corrected chi connectivity index (χ0v) is 16.5. The number of nitrogens with zero attached hydrogens (tertiary/aromatic N) is 1. The first-order valence-electron chi connectivity index (χ1n) is 8.40. The maximum Gasteiger partial charge on any atom is 0.339 e. The second kappa shape index (κ2) is 8.41. The van der Waals surface area contributed by atoms with Gasteiger partial charge in [-0.2, -0.15) is 8.42 Å². The molecular formula is C19H21N2O4S2+. The summed E-state index contributed by atoms with van der Waals surface area (Å²) < 4.78 is 37.7. The topological polar surface area (TPSA) is 82.5 Å². The molecule has 1 aromatic heterocycles. The summed E-state index contributed by atoms with van der Waals surface area (Å²) in [6.45, 7) is 3.10. The number of hydrogen-bond acceptors (Lipinski definition) is 6. The first-order valence-corrected chi connectivity index (χ1v) is 10.7. The number of aryl methyl sites for hydroxylation is 2. The number of aromatic nitrogens is 1. The van der Waals surface area contributed by atoms with Gasteiger partial charge in [-0.25, -0.2) is 4.57 Å². The van der Waals surface area contributed by atoms with Crippen LogP contribution in [0.5, 0.6) is 11.5 Å². The molecular weight excluding hydrogens is 384 g/mol. The SMILES string of the molecule is Cc1cc(OCCC[n+]2ccsc2N)cc(OS(=O)(=O)c2ccccc2)c1.